The number of halogens is 3. The van der Waals surface area contributed by atoms with Crippen LogP contribution < -0.4 is 13.4 Å². The van der Waals surface area contributed by atoms with Gasteiger partial charge in [0, 0.05) is 0 Å². The van der Waals surface area contributed by atoms with Crippen LogP contribution in [0.2, 0.25) is 0 Å². The van der Waals surface area contributed by atoms with Gasteiger partial charge in [-0.25, -0.2) is 0 Å². The molecule has 0 fully saturated rings. The van der Waals surface area contributed by atoms with Crippen molar-refractivity contribution in [3.05, 3.63) is 90.2 Å². The molecule has 0 radical (unpaired) electrons. The minimum atomic E-state index is -1.70. The van der Waals surface area contributed by atoms with Crippen molar-refractivity contribution in [3.63, 3.8) is 0 Å². The summed E-state index contributed by atoms with van der Waals surface area (Å²) in [6.45, 7) is 0. The third-order valence-electron chi connectivity index (χ3n) is 3.15. The van der Waals surface area contributed by atoms with Crippen LogP contribution in [0.1, 0.15) is 0 Å². The van der Waals surface area contributed by atoms with Crippen LogP contribution in [0.25, 0.3) is 0 Å². The van der Waals surface area contributed by atoms with Crippen molar-refractivity contribution in [2.24, 2.45) is 0 Å². The Morgan fingerprint density at radius 2 is 0.636 bits per heavy atom. The Kier molecular flexibility index (Phi) is 4.32. The fourth-order valence-corrected chi connectivity index (χ4v) is 6.40. The van der Waals surface area contributed by atoms with Gasteiger partial charge < -0.3 is 0 Å². The second-order valence-electron chi connectivity index (χ2n) is 4.67. The van der Waals surface area contributed by atoms with E-state index in [2.05, 4.69) is 0 Å². The number of hydrogen-bond acceptors (Lipinski definition) is 0. The number of benzene rings is 3. The Balaban J connectivity index is 2.10. The summed E-state index contributed by atoms with van der Waals surface area (Å²) < 4.78 is 42.5. The Morgan fingerprint density at radius 1 is 0.409 bits per heavy atom. The molecule has 0 amide bonds. The summed E-state index contributed by atoms with van der Waals surface area (Å²) in [5.74, 6) is -0.896. The van der Waals surface area contributed by atoms with Crippen molar-refractivity contribution in [2.75, 3.05) is 0 Å². The quantitative estimate of drug-likeness (QED) is 0.627. The van der Waals surface area contributed by atoms with E-state index in [1.165, 1.54) is 36.4 Å². The maximum absolute atomic E-state index is 13.2. The van der Waals surface area contributed by atoms with Gasteiger partial charge in [0.2, 0.25) is 0 Å². The normalized spacial score (nSPS) is 10.9. The van der Waals surface area contributed by atoms with Crippen molar-refractivity contribution >= 4 is 27.3 Å². The van der Waals surface area contributed by atoms with Gasteiger partial charge in [-0.2, -0.15) is 0 Å². The van der Waals surface area contributed by atoms with E-state index in [0.717, 1.165) is 13.4 Å². The first kappa shape index (κ1) is 14.9. The van der Waals surface area contributed by atoms with Gasteiger partial charge in [-0.3, -0.25) is 0 Å². The first-order chi connectivity index (χ1) is 10.6. The molecule has 3 aromatic rings. The first-order valence-electron chi connectivity index (χ1n) is 6.64. The second kappa shape index (κ2) is 6.39. The van der Waals surface area contributed by atoms with Gasteiger partial charge in [-0.05, 0) is 0 Å². The molecule has 0 saturated heterocycles. The molecule has 0 N–H and O–H groups in total. The molecule has 0 saturated carbocycles. The summed E-state index contributed by atoms with van der Waals surface area (Å²) in [5, 5.41) is 0. The second-order valence-corrected chi connectivity index (χ2v) is 8.92. The van der Waals surface area contributed by atoms with Crippen LogP contribution in [0.15, 0.2) is 72.8 Å². The van der Waals surface area contributed by atoms with Crippen LogP contribution in [0.4, 0.5) is 13.2 Å². The molecule has 4 heteroatoms. The van der Waals surface area contributed by atoms with E-state index in [9.17, 15) is 13.2 Å². The van der Waals surface area contributed by atoms with Crippen molar-refractivity contribution in [1.82, 2.24) is 0 Å². The topological polar surface area (TPSA) is 0 Å². The molecule has 3 rings (SSSR count). The van der Waals surface area contributed by atoms with E-state index in [-0.39, 0.29) is 17.5 Å². The Morgan fingerprint density at radius 3 is 0.864 bits per heavy atom. The molecular formula is C18H12F3Se+. The van der Waals surface area contributed by atoms with Crippen LogP contribution in [-0.4, -0.2) is 13.9 Å². The van der Waals surface area contributed by atoms with E-state index in [0.29, 0.717) is 0 Å². The Bertz CT molecular complexity index is 642. The third-order valence-corrected chi connectivity index (χ3v) is 7.83. The predicted octanol–water partition coefficient (Wildman–Crippen LogP) is 2.62. The molecule has 0 aliphatic heterocycles. The van der Waals surface area contributed by atoms with Crippen molar-refractivity contribution in [2.45, 2.75) is 0 Å². The Hall–Kier alpha value is -2.03. The third kappa shape index (κ3) is 3.24. The standard InChI is InChI=1S/C18H12F3Se/c19-13-1-7-16(8-2-13)22(17-9-3-14(20)4-10-17)18-11-5-15(21)6-12-18/h1-12H/q+1. The van der Waals surface area contributed by atoms with Crippen molar-refractivity contribution < 1.29 is 13.2 Å². The summed E-state index contributed by atoms with van der Waals surface area (Å²) in [6, 6.07) is 18.9. The van der Waals surface area contributed by atoms with Gasteiger partial charge in [0.25, 0.3) is 0 Å². The molecule has 0 spiro atoms. The molecule has 3 aromatic carbocycles. The zero-order valence-corrected chi connectivity index (χ0v) is 13.2. The average Bonchev–Trinajstić information content (AvgIpc) is 2.53. The van der Waals surface area contributed by atoms with Crippen molar-refractivity contribution in [1.29, 1.82) is 0 Å². The first-order valence-corrected chi connectivity index (χ1v) is 9.21. The molecule has 0 aliphatic carbocycles. The zero-order chi connectivity index (χ0) is 15.5. The van der Waals surface area contributed by atoms with Crippen molar-refractivity contribution in [3.8, 4) is 0 Å². The molecular weight excluding hydrogens is 352 g/mol. The number of hydrogen-bond donors (Lipinski definition) is 0. The van der Waals surface area contributed by atoms with E-state index >= 15 is 0 Å². The molecule has 0 aliphatic rings. The number of rotatable bonds is 3. The summed E-state index contributed by atoms with van der Waals surface area (Å²) in [6.07, 6.45) is 0. The molecule has 110 valence electrons. The van der Waals surface area contributed by atoms with Crippen LogP contribution in [-0.2, 0) is 0 Å². The van der Waals surface area contributed by atoms with E-state index in [1.54, 1.807) is 36.4 Å². The summed E-state index contributed by atoms with van der Waals surface area (Å²) in [7, 11) is 0. The summed E-state index contributed by atoms with van der Waals surface area (Å²) >= 11 is -1.70. The zero-order valence-electron chi connectivity index (χ0n) is 11.5. The van der Waals surface area contributed by atoms with Gasteiger partial charge in [0.05, 0.1) is 0 Å². The molecule has 0 atom stereocenters. The van der Waals surface area contributed by atoms with E-state index in [1.807, 2.05) is 0 Å². The molecule has 22 heavy (non-hydrogen) atoms. The molecule has 0 heterocycles. The fourth-order valence-electron chi connectivity index (χ4n) is 2.12. The average molecular weight is 364 g/mol. The van der Waals surface area contributed by atoms with Gasteiger partial charge in [0.1, 0.15) is 0 Å². The maximum atomic E-state index is 13.2. The Labute approximate surface area is 131 Å². The SMILES string of the molecule is Fc1ccc([Se+](c2ccc(F)cc2)c2ccc(F)cc2)cc1. The molecule has 0 nitrogen and oxygen atoms in total. The molecule has 0 unspecified atom stereocenters. The van der Waals surface area contributed by atoms with Crippen LogP contribution in [0.5, 0.6) is 0 Å². The molecule has 0 bridgehead atoms. The van der Waals surface area contributed by atoms with Gasteiger partial charge in [0.15, 0.2) is 0 Å². The fraction of sp³-hybridized carbons (Fsp3) is 0. The van der Waals surface area contributed by atoms with Gasteiger partial charge in [-0.1, -0.05) is 0 Å². The minimum absolute atomic E-state index is 0.299. The van der Waals surface area contributed by atoms with E-state index < -0.39 is 13.9 Å². The van der Waals surface area contributed by atoms with Gasteiger partial charge in [-0.15, -0.1) is 0 Å². The summed E-state index contributed by atoms with van der Waals surface area (Å²) in [5.41, 5.74) is 0. The van der Waals surface area contributed by atoms with Gasteiger partial charge >= 0.3 is 131 Å². The molecule has 0 aromatic heterocycles. The van der Waals surface area contributed by atoms with Crippen LogP contribution >= 0.6 is 0 Å². The van der Waals surface area contributed by atoms with E-state index in [4.69, 9.17) is 0 Å². The summed E-state index contributed by atoms with van der Waals surface area (Å²) in [4.78, 5) is 0. The monoisotopic (exact) mass is 365 g/mol. The predicted molar refractivity (Wildman–Crippen MR) is 83.9 cm³/mol. The van der Waals surface area contributed by atoms with Crippen LogP contribution in [0.3, 0.4) is 0 Å². The van der Waals surface area contributed by atoms with Crippen LogP contribution in [0, 0.1) is 17.5 Å².